The van der Waals surface area contributed by atoms with Crippen molar-refractivity contribution in [3.05, 3.63) is 63.1 Å². The minimum Gasteiger partial charge on any atom is -0.508 e. The standard InChI is InChI=1S/C19H17ClF3N3O3/c1-3-25(2)15-9-16(27)12(8-14(15)20)10-26-18(28)29-17(24-26)11-4-6-13(7-5-11)19(21,22)23/h4-9,27H,3,10H2,1-2H3. The van der Waals surface area contributed by atoms with Gasteiger partial charge in [0, 0.05) is 30.8 Å². The van der Waals surface area contributed by atoms with Crippen molar-refractivity contribution < 1.29 is 22.7 Å². The summed E-state index contributed by atoms with van der Waals surface area (Å²) in [6.45, 7) is 2.49. The largest absolute Gasteiger partial charge is 0.508 e. The number of nitrogens with zero attached hydrogens (tertiary/aromatic N) is 3. The molecule has 0 bridgehead atoms. The van der Waals surface area contributed by atoms with Crippen molar-refractivity contribution in [1.29, 1.82) is 0 Å². The van der Waals surface area contributed by atoms with E-state index >= 15 is 0 Å². The van der Waals surface area contributed by atoms with Crippen LogP contribution < -0.4 is 10.7 Å². The molecule has 2 aromatic carbocycles. The van der Waals surface area contributed by atoms with E-state index in [1.807, 2.05) is 18.9 Å². The van der Waals surface area contributed by atoms with Gasteiger partial charge in [-0.2, -0.15) is 17.9 Å². The molecule has 0 spiro atoms. The maximum Gasteiger partial charge on any atom is 0.437 e. The van der Waals surface area contributed by atoms with Crippen molar-refractivity contribution in [2.24, 2.45) is 0 Å². The van der Waals surface area contributed by atoms with Crippen molar-refractivity contribution in [1.82, 2.24) is 9.78 Å². The van der Waals surface area contributed by atoms with Gasteiger partial charge in [-0.1, -0.05) is 11.6 Å². The molecule has 0 aliphatic rings. The van der Waals surface area contributed by atoms with E-state index in [0.717, 1.165) is 16.8 Å². The quantitative estimate of drug-likeness (QED) is 0.654. The highest BCUT2D eigenvalue weighted by Crippen LogP contribution is 2.33. The number of anilines is 1. The number of hydrogen-bond donors (Lipinski definition) is 1. The second-order valence-electron chi connectivity index (χ2n) is 6.35. The van der Waals surface area contributed by atoms with Crippen LogP contribution in [0.2, 0.25) is 5.02 Å². The van der Waals surface area contributed by atoms with Crippen LogP contribution in [0.1, 0.15) is 18.1 Å². The second kappa shape index (κ2) is 7.82. The zero-order chi connectivity index (χ0) is 21.3. The Kier molecular flexibility index (Phi) is 5.61. The van der Waals surface area contributed by atoms with E-state index < -0.39 is 17.5 Å². The molecule has 0 radical (unpaired) electrons. The number of aromatic nitrogens is 2. The van der Waals surface area contributed by atoms with Crippen molar-refractivity contribution in [3.63, 3.8) is 0 Å². The zero-order valence-electron chi connectivity index (χ0n) is 15.5. The Morgan fingerprint density at radius 1 is 1.24 bits per heavy atom. The fraction of sp³-hybridized carbons (Fsp3) is 0.263. The van der Waals surface area contributed by atoms with Gasteiger partial charge in [0.2, 0.25) is 5.89 Å². The van der Waals surface area contributed by atoms with E-state index in [9.17, 15) is 23.1 Å². The lowest BCUT2D eigenvalue weighted by atomic mass is 10.1. The van der Waals surface area contributed by atoms with Crippen molar-refractivity contribution in [2.45, 2.75) is 19.6 Å². The number of halogens is 4. The molecule has 6 nitrogen and oxygen atoms in total. The maximum absolute atomic E-state index is 12.7. The Labute approximate surface area is 168 Å². The van der Waals surface area contributed by atoms with Gasteiger partial charge in [-0.25, -0.2) is 4.79 Å². The molecule has 0 fully saturated rings. The molecule has 1 heterocycles. The fourth-order valence-corrected chi connectivity index (χ4v) is 3.00. The lowest BCUT2D eigenvalue weighted by Crippen LogP contribution is -2.18. The van der Waals surface area contributed by atoms with Gasteiger partial charge >= 0.3 is 11.9 Å². The number of alkyl halides is 3. The van der Waals surface area contributed by atoms with Gasteiger partial charge in [-0.05, 0) is 37.3 Å². The van der Waals surface area contributed by atoms with Gasteiger partial charge in [-0.15, -0.1) is 5.10 Å². The normalized spacial score (nSPS) is 11.7. The summed E-state index contributed by atoms with van der Waals surface area (Å²) in [5, 5.41) is 14.7. The smallest absolute Gasteiger partial charge is 0.437 e. The van der Waals surface area contributed by atoms with Gasteiger partial charge in [-0.3, -0.25) is 0 Å². The highest BCUT2D eigenvalue weighted by atomic mass is 35.5. The average molecular weight is 428 g/mol. The van der Waals surface area contributed by atoms with Gasteiger partial charge in [0.15, 0.2) is 0 Å². The molecule has 29 heavy (non-hydrogen) atoms. The first-order chi connectivity index (χ1) is 13.6. The number of aromatic hydroxyl groups is 1. The molecule has 3 aromatic rings. The minimum absolute atomic E-state index is 0.0734. The molecule has 0 saturated carbocycles. The molecular formula is C19H17ClF3N3O3. The number of phenols is 1. The number of benzene rings is 2. The molecule has 0 aliphatic heterocycles. The third kappa shape index (κ3) is 4.40. The van der Waals surface area contributed by atoms with Crippen LogP contribution in [0.3, 0.4) is 0 Å². The molecule has 154 valence electrons. The third-order valence-corrected chi connectivity index (χ3v) is 4.72. The molecule has 0 saturated heterocycles. The summed E-state index contributed by atoms with van der Waals surface area (Å²) in [5.41, 5.74) is 0.377. The van der Waals surface area contributed by atoms with E-state index in [-0.39, 0.29) is 23.7 Å². The SMILES string of the molecule is CCN(C)c1cc(O)c(Cn2nc(-c3ccc(C(F)(F)F)cc3)oc2=O)cc1Cl. The first kappa shape index (κ1) is 20.8. The van der Waals surface area contributed by atoms with Crippen molar-refractivity contribution in [2.75, 3.05) is 18.5 Å². The van der Waals surface area contributed by atoms with E-state index in [4.69, 9.17) is 16.0 Å². The third-order valence-electron chi connectivity index (χ3n) is 4.42. The summed E-state index contributed by atoms with van der Waals surface area (Å²) < 4.78 is 44.0. The Bertz CT molecular complexity index is 1080. The second-order valence-corrected chi connectivity index (χ2v) is 6.76. The summed E-state index contributed by atoms with van der Waals surface area (Å²) in [6.07, 6.45) is -4.46. The molecule has 10 heteroatoms. The van der Waals surface area contributed by atoms with Gasteiger partial charge < -0.3 is 14.4 Å². The topological polar surface area (TPSA) is 71.5 Å². The Morgan fingerprint density at radius 3 is 2.48 bits per heavy atom. The summed E-state index contributed by atoms with van der Waals surface area (Å²) >= 11 is 6.26. The fourth-order valence-electron chi connectivity index (χ4n) is 2.67. The average Bonchev–Trinajstić information content (AvgIpc) is 3.03. The highest BCUT2D eigenvalue weighted by molar-refractivity contribution is 6.33. The van der Waals surface area contributed by atoms with Crippen LogP contribution in [0.25, 0.3) is 11.5 Å². The van der Waals surface area contributed by atoms with Crippen LogP contribution in [-0.4, -0.2) is 28.5 Å². The zero-order valence-corrected chi connectivity index (χ0v) is 16.3. The maximum atomic E-state index is 12.7. The molecule has 3 rings (SSSR count). The van der Waals surface area contributed by atoms with Gasteiger partial charge in [0.1, 0.15) is 5.75 Å². The molecule has 0 aliphatic carbocycles. The van der Waals surface area contributed by atoms with Crippen LogP contribution in [-0.2, 0) is 12.7 Å². The molecule has 1 aromatic heterocycles. The van der Waals surface area contributed by atoms with E-state index in [0.29, 0.717) is 22.8 Å². The minimum atomic E-state index is -4.46. The van der Waals surface area contributed by atoms with Gasteiger partial charge in [0.25, 0.3) is 0 Å². The molecule has 0 amide bonds. The summed E-state index contributed by atoms with van der Waals surface area (Å²) in [5.74, 6) is -1.02. The number of hydrogen-bond acceptors (Lipinski definition) is 5. The van der Waals surface area contributed by atoms with E-state index in [1.54, 1.807) is 0 Å². The first-order valence-electron chi connectivity index (χ1n) is 8.58. The van der Waals surface area contributed by atoms with Crippen LogP contribution in [0.4, 0.5) is 18.9 Å². The molecule has 1 N–H and O–H groups in total. The number of phenolic OH excluding ortho intramolecular Hbond substituents is 1. The lowest BCUT2D eigenvalue weighted by molar-refractivity contribution is -0.137. The van der Waals surface area contributed by atoms with E-state index in [1.165, 1.54) is 24.3 Å². The van der Waals surface area contributed by atoms with Crippen LogP contribution >= 0.6 is 11.6 Å². The predicted molar refractivity (Wildman–Crippen MR) is 102 cm³/mol. The lowest BCUT2D eigenvalue weighted by Gasteiger charge is -2.19. The summed E-state index contributed by atoms with van der Waals surface area (Å²) in [6, 6.07) is 7.11. The van der Waals surface area contributed by atoms with Gasteiger partial charge in [0.05, 0.1) is 22.8 Å². The van der Waals surface area contributed by atoms with E-state index in [2.05, 4.69) is 5.10 Å². The van der Waals surface area contributed by atoms with Crippen molar-refractivity contribution in [3.8, 4) is 17.2 Å². The van der Waals surface area contributed by atoms with Crippen molar-refractivity contribution >= 4 is 17.3 Å². The molecule has 0 unspecified atom stereocenters. The Balaban J connectivity index is 1.88. The van der Waals surface area contributed by atoms with Crippen LogP contribution in [0.5, 0.6) is 5.75 Å². The summed E-state index contributed by atoms with van der Waals surface area (Å²) in [4.78, 5) is 13.9. The predicted octanol–water partition coefficient (Wildman–Crippen LogP) is 4.39. The molecular weight excluding hydrogens is 411 g/mol. The highest BCUT2D eigenvalue weighted by Gasteiger charge is 2.30. The van der Waals surface area contributed by atoms with Crippen LogP contribution in [0.15, 0.2) is 45.6 Å². The number of rotatable bonds is 5. The molecule has 0 atom stereocenters. The Hall–Kier alpha value is -2.94. The monoisotopic (exact) mass is 427 g/mol. The summed E-state index contributed by atoms with van der Waals surface area (Å²) in [7, 11) is 1.82. The first-order valence-corrected chi connectivity index (χ1v) is 8.96. The van der Waals surface area contributed by atoms with Crippen LogP contribution in [0, 0.1) is 0 Å². The Morgan fingerprint density at radius 2 is 1.90 bits per heavy atom.